The molecule has 2 aromatic heterocycles. The van der Waals surface area contributed by atoms with Crippen LogP contribution in [-0.2, 0) is 6.54 Å². The van der Waals surface area contributed by atoms with Crippen LogP contribution in [-0.4, -0.2) is 9.38 Å². The van der Waals surface area contributed by atoms with Crippen LogP contribution in [0.2, 0.25) is 5.02 Å². The second-order valence-corrected chi connectivity index (χ2v) is 6.21. The Morgan fingerprint density at radius 2 is 1.82 bits per heavy atom. The van der Waals surface area contributed by atoms with Crippen molar-refractivity contribution in [3.05, 3.63) is 63.6 Å². The van der Waals surface area contributed by atoms with Crippen LogP contribution < -0.4 is 5.32 Å². The van der Waals surface area contributed by atoms with E-state index in [1.807, 2.05) is 25.1 Å². The Morgan fingerprint density at radius 1 is 1.14 bits per heavy atom. The van der Waals surface area contributed by atoms with Gasteiger partial charge in [0.15, 0.2) is 5.65 Å². The summed E-state index contributed by atoms with van der Waals surface area (Å²) in [5.74, 6) is 0. The van der Waals surface area contributed by atoms with Gasteiger partial charge in [-0.25, -0.2) is 4.98 Å². The van der Waals surface area contributed by atoms with Crippen molar-refractivity contribution < 1.29 is 0 Å². The highest BCUT2D eigenvalue weighted by molar-refractivity contribution is 6.30. The topological polar surface area (TPSA) is 29.3 Å². The van der Waals surface area contributed by atoms with E-state index in [2.05, 4.69) is 47.7 Å². The zero-order valence-electron chi connectivity index (χ0n) is 13.4. The number of nitrogens with one attached hydrogen (secondary N) is 1. The van der Waals surface area contributed by atoms with Crippen molar-refractivity contribution >= 4 is 22.9 Å². The number of pyridine rings is 1. The molecular formula is C18H20ClN3. The molecule has 4 heteroatoms. The number of hydrogen-bond donors (Lipinski definition) is 1. The molecular weight excluding hydrogens is 294 g/mol. The van der Waals surface area contributed by atoms with E-state index in [9.17, 15) is 0 Å². The first-order chi connectivity index (χ1) is 10.5. The van der Waals surface area contributed by atoms with Gasteiger partial charge in [0.2, 0.25) is 0 Å². The third-order valence-corrected chi connectivity index (χ3v) is 4.46. The molecule has 114 valence electrons. The van der Waals surface area contributed by atoms with Crippen LogP contribution in [0.5, 0.6) is 0 Å². The number of halogens is 1. The molecule has 3 nitrogen and oxygen atoms in total. The van der Waals surface area contributed by atoms with E-state index in [4.69, 9.17) is 11.6 Å². The monoisotopic (exact) mass is 313 g/mol. The molecule has 0 bridgehead atoms. The quantitative estimate of drug-likeness (QED) is 0.750. The van der Waals surface area contributed by atoms with Crippen LogP contribution >= 0.6 is 11.6 Å². The van der Waals surface area contributed by atoms with Gasteiger partial charge in [0.05, 0.1) is 11.4 Å². The molecule has 3 aromatic rings. The lowest BCUT2D eigenvalue weighted by Crippen LogP contribution is -2.05. The molecule has 0 unspecified atom stereocenters. The van der Waals surface area contributed by atoms with Crippen molar-refractivity contribution in [2.24, 2.45) is 0 Å². The van der Waals surface area contributed by atoms with Gasteiger partial charge in [-0.2, -0.15) is 0 Å². The van der Waals surface area contributed by atoms with Gasteiger partial charge in [0.25, 0.3) is 0 Å². The summed E-state index contributed by atoms with van der Waals surface area (Å²) < 4.78 is 2.12. The number of nitrogens with zero attached hydrogens (tertiary/aromatic N) is 2. The zero-order chi connectivity index (χ0) is 15.9. The average Bonchev–Trinajstić information content (AvgIpc) is 2.74. The van der Waals surface area contributed by atoms with Crippen molar-refractivity contribution in [3.8, 4) is 0 Å². The molecule has 0 spiro atoms. The van der Waals surface area contributed by atoms with Gasteiger partial charge < -0.3 is 9.72 Å². The lowest BCUT2D eigenvalue weighted by Gasteiger charge is -2.13. The largest absolute Gasteiger partial charge is 0.378 e. The minimum atomic E-state index is 0.763. The molecule has 0 aliphatic rings. The smallest absolute Gasteiger partial charge is 0.160 e. The van der Waals surface area contributed by atoms with E-state index in [-0.39, 0.29) is 0 Å². The maximum absolute atomic E-state index is 6.10. The second-order valence-electron chi connectivity index (χ2n) is 5.77. The van der Waals surface area contributed by atoms with Crippen molar-refractivity contribution in [1.82, 2.24) is 9.38 Å². The van der Waals surface area contributed by atoms with Crippen LogP contribution in [0.3, 0.4) is 0 Å². The Hall–Kier alpha value is -2.00. The lowest BCUT2D eigenvalue weighted by molar-refractivity contribution is 1.07. The van der Waals surface area contributed by atoms with E-state index in [1.54, 1.807) is 0 Å². The minimum Gasteiger partial charge on any atom is -0.378 e. The Bertz CT molecular complexity index is 826. The average molecular weight is 314 g/mol. The Morgan fingerprint density at radius 3 is 2.50 bits per heavy atom. The molecule has 0 atom stereocenters. The number of fused-ring (bicyclic) bond motifs is 1. The van der Waals surface area contributed by atoms with Crippen LogP contribution in [0, 0.1) is 27.7 Å². The van der Waals surface area contributed by atoms with E-state index in [0.29, 0.717) is 0 Å². The van der Waals surface area contributed by atoms with Gasteiger partial charge in [-0.15, -0.1) is 0 Å². The first kappa shape index (κ1) is 14.9. The molecule has 1 aromatic carbocycles. The van der Waals surface area contributed by atoms with Crippen molar-refractivity contribution in [2.75, 3.05) is 5.32 Å². The SMILES string of the molecule is Cc1cc(Cl)cc(C)c1CNc1cccn2c(C)c(C)nc12. The minimum absolute atomic E-state index is 0.763. The summed E-state index contributed by atoms with van der Waals surface area (Å²) in [4.78, 5) is 4.66. The van der Waals surface area contributed by atoms with E-state index < -0.39 is 0 Å². The lowest BCUT2D eigenvalue weighted by atomic mass is 10.0. The third kappa shape index (κ3) is 2.57. The number of imidazole rings is 1. The van der Waals surface area contributed by atoms with Crippen LogP contribution in [0.25, 0.3) is 5.65 Å². The predicted octanol–water partition coefficient (Wildman–Crippen LogP) is 4.83. The van der Waals surface area contributed by atoms with E-state index in [0.717, 1.165) is 28.6 Å². The second kappa shape index (κ2) is 5.65. The summed E-state index contributed by atoms with van der Waals surface area (Å²) in [6.07, 6.45) is 2.05. The number of anilines is 1. The molecule has 1 N–H and O–H groups in total. The maximum atomic E-state index is 6.10. The van der Waals surface area contributed by atoms with Gasteiger partial charge in [-0.3, -0.25) is 0 Å². The fourth-order valence-corrected chi connectivity index (χ4v) is 3.17. The highest BCUT2D eigenvalue weighted by Gasteiger charge is 2.09. The highest BCUT2D eigenvalue weighted by atomic mass is 35.5. The summed E-state index contributed by atoms with van der Waals surface area (Å²) in [6, 6.07) is 8.14. The van der Waals surface area contributed by atoms with Crippen molar-refractivity contribution in [2.45, 2.75) is 34.2 Å². The van der Waals surface area contributed by atoms with Gasteiger partial charge in [-0.1, -0.05) is 11.6 Å². The van der Waals surface area contributed by atoms with Crippen LogP contribution in [0.1, 0.15) is 28.1 Å². The summed E-state index contributed by atoms with van der Waals surface area (Å²) in [6.45, 7) is 9.09. The van der Waals surface area contributed by atoms with Crippen LogP contribution in [0.4, 0.5) is 5.69 Å². The zero-order valence-corrected chi connectivity index (χ0v) is 14.1. The summed E-state index contributed by atoms with van der Waals surface area (Å²) in [5.41, 5.74) is 7.96. The summed E-state index contributed by atoms with van der Waals surface area (Å²) >= 11 is 6.10. The number of hydrogen-bond acceptors (Lipinski definition) is 2. The summed E-state index contributed by atoms with van der Waals surface area (Å²) in [5, 5.41) is 4.31. The normalized spacial score (nSPS) is 11.1. The van der Waals surface area contributed by atoms with E-state index >= 15 is 0 Å². The molecule has 0 amide bonds. The highest BCUT2D eigenvalue weighted by Crippen LogP contribution is 2.23. The molecule has 0 saturated carbocycles. The van der Waals surface area contributed by atoms with Gasteiger partial charge >= 0.3 is 0 Å². The number of rotatable bonds is 3. The van der Waals surface area contributed by atoms with Crippen molar-refractivity contribution in [3.63, 3.8) is 0 Å². The van der Waals surface area contributed by atoms with Gasteiger partial charge in [-0.05, 0) is 68.7 Å². The van der Waals surface area contributed by atoms with E-state index in [1.165, 1.54) is 22.4 Å². The molecule has 0 aliphatic heterocycles. The Labute approximate surface area is 136 Å². The van der Waals surface area contributed by atoms with Crippen LogP contribution in [0.15, 0.2) is 30.5 Å². The fourth-order valence-electron chi connectivity index (χ4n) is 2.84. The predicted molar refractivity (Wildman–Crippen MR) is 92.9 cm³/mol. The number of benzene rings is 1. The molecule has 2 heterocycles. The molecule has 0 radical (unpaired) electrons. The first-order valence-corrected chi connectivity index (χ1v) is 7.79. The first-order valence-electron chi connectivity index (χ1n) is 7.41. The van der Waals surface area contributed by atoms with Crippen molar-refractivity contribution in [1.29, 1.82) is 0 Å². The Balaban J connectivity index is 1.94. The fraction of sp³-hybridized carbons (Fsp3) is 0.278. The molecule has 22 heavy (non-hydrogen) atoms. The molecule has 0 fully saturated rings. The Kier molecular flexibility index (Phi) is 3.83. The summed E-state index contributed by atoms with van der Waals surface area (Å²) in [7, 11) is 0. The maximum Gasteiger partial charge on any atom is 0.160 e. The van der Waals surface area contributed by atoms with Gasteiger partial charge in [0.1, 0.15) is 0 Å². The molecule has 3 rings (SSSR count). The number of aryl methyl sites for hydroxylation is 4. The number of aromatic nitrogens is 2. The van der Waals surface area contributed by atoms with Gasteiger partial charge in [0, 0.05) is 23.5 Å². The molecule has 0 aliphatic carbocycles. The standard InChI is InChI=1S/C18H20ClN3/c1-11-8-15(19)9-12(2)16(11)10-20-17-6-5-7-22-14(4)13(3)21-18(17)22/h5-9,20H,10H2,1-4H3. The molecule has 0 saturated heterocycles. The third-order valence-electron chi connectivity index (χ3n) is 4.24.